The zero-order valence-electron chi connectivity index (χ0n) is 10.8. The van der Waals surface area contributed by atoms with Gasteiger partial charge in [0.05, 0.1) is 10.6 Å². The van der Waals surface area contributed by atoms with E-state index in [1.54, 1.807) is 6.92 Å². The second-order valence-corrected chi connectivity index (χ2v) is 5.79. The zero-order chi connectivity index (χ0) is 15.6. The van der Waals surface area contributed by atoms with E-state index in [0.29, 0.717) is 5.69 Å². The summed E-state index contributed by atoms with van der Waals surface area (Å²) in [5.74, 6) is -1.21. The second-order valence-electron chi connectivity index (χ2n) is 4.14. The average Bonchev–Trinajstić information content (AvgIpc) is 2.37. The fraction of sp³-hybridized carbons (Fsp3) is 0.0833. The normalized spacial score (nSPS) is 11.1. The van der Waals surface area contributed by atoms with Crippen molar-refractivity contribution >= 4 is 21.4 Å². The van der Waals surface area contributed by atoms with E-state index in [-0.39, 0.29) is 5.69 Å². The number of rotatable bonds is 4. The Morgan fingerprint density at radius 1 is 1.33 bits per heavy atom. The summed E-state index contributed by atoms with van der Waals surface area (Å²) in [7, 11) is -4.29. The molecule has 110 valence electrons. The smallest absolute Gasteiger partial charge is 0.279 e. The van der Waals surface area contributed by atoms with E-state index in [4.69, 9.17) is 0 Å². The quantitative estimate of drug-likeness (QED) is 0.689. The number of aryl methyl sites for hydroxylation is 1. The number of nitro benzene ring substituents is 1. The number of pyridine rings is 1. The minimum atomic E-state index is -4.29. The van der Waals surface area contributed by atoms with Crippen LogP contribution in [-0.4, -0.2) is 18.3 Å². The lowest BCUT2D eigenvalue weighted by Crippen LogP contribution is -2.15. The molecular weight excluding hydrogens is 301 g/mol. The van der Waals surface area contributed by atoms with E-state index in [2.05, 4.69) is 9.71 Å². The zero-order valence-corrected chi connectivity index (χ0v) is 11.6. The number of hydrogen-bond donors (Lipinski definition) is 1. The summed E-state index contributed by atoms with van der Waals surface area (Å²) in [6, 6.07) is 5.72. The van der Waals surface area contributed by atoms with Gasteiger partial charge >= 0.3 is 5.69 Å². The van der Waals surface area contributed by atoms with Crippen molar-refractivity contribution in [3.05, 3.63) is 58.2 Å². The molecule has 21 heavy (non-hydrogen) atoms. The minimum Gasteiger partial charge on any atom is -0.279 e. The first-order valence-electron chi connectivity index (χ1n) is 5.69. The number of nitrogens with zero attached hydrogens (tertiary/aromatic N) is 2. The maximum Gasteiger partial charge on any atom is 0.325 e. The molecule has 2 rings (SSSR count). The molecule has 0 spiro atoms. The third kappa shape index (κ3) is 3.14. The number of benzene rings is 1. The van der Waals surface area contributed by atoms with Gasteiger partial charge in [-0.15, -0.1) is 0 Å². The molecule has 0 radical (unpaired) electrons. The van der Waals surface area contributed by atoms with Crippen molar-refractivity contribution in [2.45, 2.75) is 11.8 Å². The number of nitro groups is 1. The topological polar surface area (TPSA) is 102 Å². The fourth-order valence-electron chi connectivity index (χ4n) is 1.71. The third-order valence-electron chi connectivity index (χ3n) is 2.57. The van der Waals surface area contributed by atoms with Gasteiger partial charge in [-0.2, -0.15) is 4.39 Å². The SMILES string of the molecule is Cc1cc(NS(=O)(=O)c2cccc(F)c2[N+](=O)[O-])ccn1. The Balaban J connectivity index is 2.50. The van der Waals surface area contributed by atoms with Gasteiger partial charge in [-0.3, -0.25) is 19.8 Å². The largest absolute Gasteiger partial charge is 0.325 e. The number of halogens is 1. The van der Waals surface area contributed by atoms with Gasteiger partial charge in [0.1, 0.15) is 0 Å². The van der Waals surface area contributed by atoms with Gasteiger partial charge in [-0.1, -0.05) is 6.07 Å². The molecule has 0 saturated heterocycles. The highest BCUT2D eigenvalue weighted by Crippen LogP contribution is 2.28. The molecule has 1 heterocycles. The van der Waals surface area contributed by atoms with Crippen LogP contribution in [0.5, 0.6) is 0 Å². The van der Waals surface area contributed by atoms with Crippen LogP contribution in [-0.2, 0) is 10.0 Å². The number of aromatic nitrogens is 1. The highest BCUT2D eigenvalue weighted by Gasteiger charge is 2.29. The van der Waals surface area contributed by atoms with Crippen LogP contribution in [0.25, 0.3) is 0 Å². The van der Waals surface area contributed by atoms with E-state index >= 15 is 0 Å². The van der Waals surface area contributed by atoms with Crippen molar-refractivity contribution in [1.82, 2.24) is 4.98 Å². The van der Waals surface area contributed by atoms with E-state index < -0.39 is 31.3 Å². The van der Waals surface area contributed by atoms with Crippen LogP contribution in [0.4, 0.5) is 15.8 Å². The molecule has 1 N–H and O–H groups in total. The molecule has 0 unspecified atom stereocenters. The summed E-state index contributed by atoms with van der Waals surface area (Å²) in [6.07, 6.45) is 1.38. The second kappa shape index (κ2) is 5.44. The molecule has 1 aromatic carbocycles. The first-order valence-corrected chi connectivity index (χ1v) is 7.18. The van der Waals surface area contributed by atoms with Crippen molar-refractivity contribution in [3.8, 4) is 0 Å². The van der Waals surface area contributed by atoms with E-state index in [0.717, 1.165) is 18.2 Å². The van der Waals surface area contributed by atoms with Gasteiger partial charge in [0, 0.05) is 11.9 Å². The van der Waals surface area contributed by atoms with Crippen molar-refractivity contribution < 1.29 is 17.7 Å². The molecule has 0 fully saturated rings. The summed E-state index contributed by atoms with van der Waals surface area (Å²) in [5.41, 5.74) is -0.347. The molecule has 0 saturated carbocycles. The minimum absolute atomic E-state index is 0.182. The number of para-hydroxylation sites is 1. The van der Waals surface area contributed by atoms with Crippen LogP contribution in [0.3, 0.4) is 0 Å². The number of nitrogens with one attached hydrogen (secondary N) is 1. The number of anilines is 1. The van der Waals surface area contributed by atoms with Gasteiger partial charge < -0.3 is 0 Å². The molecule has 7 nitrogen and oxygen atoms in total. The van der Waals surface area contributed by atoms with Crippen LogP contribution < -0.4 is 4.72 Å². The van der Waals surface area contributed by atoms with Crippen LogP contribution in [0, 0.1) is 22.9 Å². The van der Waals surface area contributed by atoms with E-state index in [1.165, 1.54) is 18.3 Å². The Labute approximate surface area is 119 Å². The third-order valence-corrected chi connectivity index (χ3v) is 3.98. The highest BCUT2D eigenvalue weighted by atomic mass is 32.2. The van der Waals surface area contributed by atoms with E-state index in [1.807, 2.05) is 0 Å². The van der Waals surface area contributed by atoms with Gasteiger partial charge in [-0.05, 0) is 31.2 Å². The Bertz CT molecular complexity index is 808. The Hall–Kier alpha value is -2.55. The summed E-state index contributed by atoms with van der Waals surface area (Å²) in [5, 5.41) is 10.9. The monoisotopic (exact) mass is 311 g/mol. The average molecular weight is 311 g/mol. The number of hydrogen-bond acceptors (Lipinski definition) is 5. The molecule has 2 aromatic rings. The van der Waals surface area contributed by atoms with E-state index in [9.17, 15) is 22.9 Å². The predicted molar refractivity (Wildman–Crippen MR) is 72.8 cm³/mol. The van der Waals surface area contributed by atoms with Crippen molar-refractivity contribution in [3.63, 3.8) is 0 Å². The molecular formula is C12H10FN3O4S. The van der Waals surface area contributed by atoms with Gasteiger partial charge in [0.15, 0.2) is 4.90 Å². The summed E-state index contributed by atoms with van der Waals surface area (Å²) >= 11 is 0. The maximum absolute atomic E-state index is 13.5. The van der Waals surface area contributed by atoms with Crippen molar-refractivity contribution in [1.29, 1.82) is 0 Å². The highest BCUT2D eigenvalue weighted by molar-refractivity contribution is 7.92. The van der Waals surface area contributed by atoms with Crippen LogP contribution in [0.15, 0.2) is 41.4 Å². The van der Waals surface area contributed by atoms with Crippen molar-refractivity contribution in [2.24, 2.45) is 0 Å². The molecule has 0 aliphatic heterocycles. The Morgan fingerprint density at radius 2 is 2.05 bits per heavy atom. The lowest BCUT2D eigenvalue weighted by Gasteiger charge is -2.09. The first-order chi connectivity index (χ1) is 9.81. The molecule has 0 aliphatic rings. The van der Waals surface area contributed by atoms with Gasteiger partial charge in [0.25, 0.3) is 10.0 Å². The molecule has 1 aromatic heterocycles. The van der Waals surface area contributed by atoms with Crippen LogP contribution in [0.1, 0.15) is 5.69 Å². The van der Waals surface area contributed by atoms with Crippen LogP contribution in [0.2, 0.25) is 0 Å². The molecule has 9 heteroatoms. The number of sulfonamides is 1. The van der Waals surface area contributed by atoms with Gasteiger partial charge in [-0.25, -0.2) is 8.42 Å². The lowest BCUT2D eigenvalue weighted by molar-refractivity contribution is -0.390. The van der Waals surface area contributed by atoms with Crippen LogP contribution >= 0.6 is 0 Å². The molecule has 0 bridgehead atoms. The molecule has 0 aliphatic carbocycles. The summed E-state index contributed by atoms with van der Waals surface area (Å²) in [6.45, 7) is 1.66. The Kier molecular flexibility index (Phi) is 3.85. The summed E-state index contributed by atoms with van der Waals surface area (Å²) in [4.78, 5) is 13.0. The first kappa shape index (κ1) is 14.9. The van der Waals surface area contributed by atoms with Gasteiger partial charge in [0.2, 0.25) is 5.82 Å². The maximum atomic E-state index is 13.5. The molecule has 0 amide bonds. The lowest BCUT2D eigenvalue weighted by atomic mass is 10.3. The Morgan fingerprint density at radius 3 is 2.67 bits per heavy atom. The summed E-state index contributed by atoms with van der Waals surface area (Å²) < 4.78 is 40.0. The fourth-order valence-corrected chi connectivity index (χ4v) is 2.94. The molecule has 0 atom stereocenters. The standard InChI is InChI=1S/C12H10FN3O4S/c1-8-7-9(5-6-14-8)15-21(19,20)11-4-2-3-10(13)12(11)16(17)18/h2-7H,1H3,(H,14,15). The van der Waals surface area contributed by atoms with Crippen molar-refractivity contribution in [2.75, 3.05) is 4.72 Å². The predicted octanol–water partition coefficient (Wildman–Crippen LogP) is 2.24.